The number of amides is 1. The van der Waals surface area contributed by atoms with Gasteiger partial charge >= 0.3 is 0 Å². The molecule has 4 nitrogen and oxygen atoms in total. The van der Waals surface area contributed by atoms with Gasteiger partial charge in [0.2, 0.25) is 0 Å². The van der Waals surface area contributed by atoms with Crippen molar-refractivity contribution in [2.75, 3.05) is 11.9 Å². The fourth-order valence-electron chi connectivity index (χ4n) is 1.65. The molecule has 0 aliphatic rings. The molecule has 0 saturated heterocycles. The van der Waals surface area contributed by atoms with Gasteiger partial charge in [-0.05, 0) is 29.8 Å². The Balaban J connectivity index is 1.75. The normalized spacial score (nSPS) is 10.9. The predicted octanol–water partition coefficient (Wildman–Crippen LogP) is 3.99. The standard InChI is InChI=1S/C16H14F2N2O2S/c17-16(18)23-14-8-6-13(7-9-14)20-15(21)11-22-19-10-12-4-2-1-3-5-12/h1-10,16H,11H2,(H,20,21)/b19-10+. The van der Waals surface area contributed by atoms with Crippen LogP contribution in [0.15, 0.2) is 64.6 Å². The van der Waals surface area contributed by atoms with Crippen molar-refractivity contribution in [3.05, 3.63) is 60.2 Å². The first-order valence-electron chi connectivity index (χ1n) is 6.68. The van der Waals surface area contributed by atoms with E-state index >= 15 is 0 Å². The van der Waals surface area contributed by atoms with Gasteiger partial charge in [0.1, 0.15) is 0 Å². The number of carbonyl (C=O) groups is 1. The Morgan fingerprint density at radius 2 is 1.87 bits per heavy atom. The molecule has 0 aliphatic carbocycles. The van der Waals surface area contributed by atoms with Crippen molar-refractivity contribution in [1.82, 2.24) is 0 Å². The Labute approximate surface area is 136 Å². The first-order chi connectivity index (χ1) is 11.1. The van der Waals surface area contributed by atoms with E-state index in [2.05, 4.69) is 10.5 Å². The zero-order valence-corrected chi connectivity index (χ0v) is 12.8. The second-order valence-corrected chi connectivity index (χ2v) is 5.43. The van der Waals surface area contributed by atoms with Crippen molar-refractivity contribution in [2.45, 2.75) is 10.7 Å². The number of rotatable bonds is 7. The Hall–Kier alpha value is -2.41. The molecule has 2 aromatic rings. The fraction of sp³-hybridized carbons (Fsp3) is 0.125. The Morgan fingerprint density at radius 1 is 1.17 bits per heavy atom. The molecule has 0 saturated carbocycles. The summed E-state index contributed by atoms with van der Waals surface area (Å²) in [6.45, 7) is -0.239. The van der Waals surface area contributed by atoms with Crippen LogP contribution >= 0.6 is 11.8 Å². The zero-order chi connectivity index (χ0) is 16.5. The minimum Gasteiger partial charge on any atom is -0.386 e. The van der Waals surface area contributed by atoms with Crippen molar-refractivity contribution < 1.29 is 18.4 Å². The predicted molar refractivity (Wildman–Crippen MR) is 86.9 cm³/mol. The average Bonchev–Trinajstić information content (AvgIpc) is 2.54. The molecule has 0 unspecified atom stereocenters. The van der Waals surface area contributed by atoms with Crippen molar-refractivity contribution in [3.8, 4) is 0 Å². The summed E-state index contributed by atoms with van der Waals surface area (Å²) in [5.41, 5.74) is 1.37. The van der Waals surface area contributed by atoms with Crippen LogP contribution in [-0.2, 0) is 9.63 Å². The number of benzene rings is 2. The highest BCUT2D eigenvalue weighted by molar-refractivity contribution is 7.99. The van der Waals surface area contributed by atoms with Gasteiger partial charge < -0.3 is 10.2 Å². The summed E-state index contributed by atoms with van der Waals surface area (Å²) in [6.07, 6.45) is 1.50. The van der Waals surface area contributed by atoms with E-state index in [9.17, 15) is 13.6 Å². The molecule has 1 N–H and O–H groups in total. The van der Waals surface area contributed by atoms with E-state index in [1.807, 2.05) is 30.3 Å². The van der Waals surface area contributed by atoms with Crippen LogP contribution in [0.4, 0.5) is 14.5 Å². The largest absolute Gasteiger partial charge is 0.386 e. The number of hydrogen-bond acceptors (Lipinski definition) is 4. The van der Waals surface area contributed by atoms with Gasteiger partial charge in [0.25, 0.3) is 11.7 Å². The smallest absolute Gasteiger partial charge is 0.288 e. The second kappa shape index (κ2) is 8.89. The third kappa shape index (κ3) is 6.48. The van der Waals surface area contributed by atoms with Crippen molar-refractivity contribution in [3.63, 3.8) is 0 Å². The molecule has 0 radical (unpaired) electrons. The maximum atomic E-state index is 12.2. The van der Waals surface area contributed by atoms with Gasteiger partial charge in [0.15, 0.2) is 6.61 Å². The number of alkyl halides is 2. The Bertz CT molecular complexity index is 649. The van der Waals surface area contributed by atoms with E-state index in [0.29, 0.717) is 22.3 Å². The summed E-state index contributed by atoms with van der Waals surface area (Å²) in [7, 11) is 0. The van der Waals surface area contributed by atoms with E-state index in [4.69, 9.17) is 4.84 Å². The maximum Gasteiger partial charge on any atom is 0.288 e. The summed E-state index contributed by atoms with van der Waals surface area (Å²) in [5, 5.41) is 6.28. The number of carbonyl (C=O) groups excluding carboxylic acids is 1. The van der Waals surface area contributed by atoms with Gasteiger partial charge in [-0.15, -0.1) is 0 Å². The molecule has 0 fully saturated rings. The maximum absolute atomic E-state index is 12.2. The van der Waals surface area contributed by atoms with Crippen molar-refractivity contribution >= 4 is 29.6 Å². The van der Waals surface area contributed by atoms with Crippen molar-refractivity contribution in [2.24, 2.45) is 5.16 Å². The third-order valence-corrected chi connectivity index (χ3v) is 3.36. The molecule has 1 amide bonds. The van der Waals surface area contributed by atoms with Crippen LogP contribution in [-0.4, -0.2) is 24.5 Å². The minimum atomic E-state index is -2.47. The number of hydrogen-bond donors (Lipinski definition) is 1. The van der Waals surface area contributed by atoms with Crippen LogP contribution < -0.4 is 5.32 Å². The van der Waals surface area contributed by atoms with E-state index in [0.717, 1.165) is 5.56 Å². The third-order valence-electron chi connectivity index (χ3n) is 2.63. The van der Waals surface area contributed by atoms with Gasteiger partial charge in [-0.3, -0.25) is 4.79 Å². The number of halogens is 2. The Kier molecular flexibility index (Phi) is 6.56. The van der Waals surface area contributed by atoms with E-state index in [1.165, 1.54) is 18.3 Å². The monoisotopic (exact) mass is 336 g/mol. The van der Waals surface area contributed by atoms with Crippen molar-refractivity contribution in [1.29, 1.82) is 0 Å². The summed E-state index contributed by atoms with van der Waals surface area (Å²) in [5.74, 6) is -2.85. The molecule has 0 bridgehead atoms. The minimum absolute atomic E-state index is 0.239. The zero-order valence-electron chi connectivity index (χ0n) is 12.0. The van der Waals surface area contributed by atoms with Crippen LogP contribution in [0.5, 0.6) is 0 Å². The number of nitrogens with zero attached hydrogens (tertiary/aromatic N) is 1. The molecular formula is C16H14F2N2O2S. The molecule has 7 heteroatoms. The molecule has 0 spiro atoms. The van der Waals surface area contributed by atoms with Crippen LogP contribution in [0.2, 0.25) is 0 Å². The van der Waals surface area contributed by atoms with Gasteiger partial charge in [-0.25, -0.2) is 0 Å². The molecule has 2 rings (SSSR count). The van der Waals surface area contributed by atoms with Gasteiger partial charge in [-0.2, -0.15) is 8.78 Å². The second-order valence-electron chi connectivity index (χ2n) is 4.37. The first kappa shape index (κ1) is 17.0. The lowest BCUT2D eigenvalue weighted by atomic mass is 10.2. The average molecular weight is 336 g/mol. The highest BCUT2D eigenvalue weighted by Crippen LogP contribution is 2.26. The highest BCUT2D eigenvalue weighted by Gasteiger charge is 2.06. The van der Waals surface area contributed by atoms with Gasteiger partial charge in [-0.1, -0.05) is 47.2 Å². The lowest BCUT2D eigenvalue weighted by Crippen LogP contribution is -2.16. The molecular weight excluding hydrogens is 322 g/mol. The molecule has 0 atom stereocenters. The van der Waals surface area contributed by atoms with Crippen LogP contribution in [0.25, 0.3) is 0 Å². The quantitative estimate of drug-likeness (QED) is 0.472. The Morgan fingerprint density at radius 3 is 2.52 bits per heavy atom. The first-order valence-corrected chi connectivity index (χ1v) is 7.56. The van der Waals surface area contributed by atoms with Gasteiger partial charge in [0, 0.05) is 10.6 Å². The molecule has 23 heavy (non-hydrogen) atoms. The SMILES string of the molecule is O=C(CO/N=C/c1ccccc1)Nc1ccc(SC(F)F)cc1. The highest BCUT2D eigenvalue weighted by atomic mass is 32.2. The van der Waals surface area contributed by atoms with Crippen LogP contribution in [0, 0.1) is 0 Å². The summed E-state index contributed by atoms with van der Waals surface area (Å²) < 4.78 is 24.4. The summed E-state index contributed by atoms with van der Waals surface area (Å²) in [6, 6.07) is 15.5. The lowest BCUT2D eigenvalue weighted by molar-refractivity contribution is -0.120. The molecule has 0 aliphatic heterocycles. The lowest BCUT2D eigenvalue weighted by Gasteiger charge is -2.05. The molecule has 0 aromatic heterocycles. The number of anilines is 1. The summed E-state index contributed by atoms with van der Waals surface area (Å²) in [4.78, 5) is 17.0. The van der Waals surface area contributed by atoms with E-state index in [-0.39, 0.29) is 12.5 Å². The molecule has 2 aromatic carbocycles. The van der Waals surface area contributed by atoms with Gasteiger partial charge in [0.05, 0.1) is 6.21 Å². The summed E-state index contributed by atoms with van der Waals surface area (Å²) >= 11 is 0.451. The number of thioether (sulfide) groups is 1. The number of nitrogens with one attached hydrogen (secondary N) is 1. The van der Waals surface area contributed by atoms with Crippen LogP contribution in [0.1, 0.15) is 5.56 Å². The van der Waals surface area contributed by atoms with E-state index in [1.54, 1.807) is 12.1 Å². The molecule has 120 valence electrons. The van der Waals surface area contributed by atoms with E-state index < -0.39 is 5.76 Å². The number of oxime groups is 1. The molecule has 0 heterocycles. The van der Waals surface area contributed by atoms with Crippen LogP contribution in [0.3, 0.4) is 0 Å². The fourth-order valence-corrected chi connectivity index (χ4v) is 2.15. The topological polar surface area (TPSA) is 50.7 Å².